The molecule has 0 amide bonds. The van der Waals surface area contributed by atoms with Gasteiger partial charge in [-0.25, -0.2) is 9.50 Å². The molecule has 0 aliphatic heterocycles. The summed E-state index contributed by atoms with van der Waals surface area (Å²) in [5.74, 6) is 0. The van der Waals surface area contributed by atoms with Crippen molar-refractivity contribution in [2.24, 2.45) is 0 Å². The van der Waals surface area contributed by atoms with E-state index in [2.05, 4.69) is 53.2 Å². The molecule has 1 N–H and O–H groups in total. The number of ether oxygens (including phenoxy) is 1. The molecule has 2 aromatic heterocycles. The third-order valence-corrected chi connectivity index (χ3v) is 3.95. The van der Waals surface area contributed by atoms with Crippen LogP contribution in [0.15, 0.2) is 49.4 Å². The van der Waals surface area contributed by atoms with Crippen LogP contribution in [0, 0.1) is 6.92 Å². The maximum atomic E-state index is 5.52. The number of rotatable bonds is 7. The Kier molecular flexibility index (Phi) is 5.03. The normalized spacial score (nSPS) is 11.1. The summed E-state index contributed by atoms with van der Waals surface area (Å²) in [4.78, 5) is 4.50. The molecular weight excluding hydrogens is 300 g/mol. The minimum Gasteiger partial charge on any atom is -0.373 e. The van der Waals surface area contributed by atoms with Crippen LogP contribution >= 0.6 is 0 Å². The van der Waals surface area contributed by atoms with Crippen molar-refractivity contribution in [3.05, 3.63) is 66.1 Å². The summed E-state index contributed by atoms with van der Waals surface area (Å²) < 4.78 is 7.37. The first kappa shape index (κ1) is 16.4. The van der Waals surface area contributed by atoms with E-state index in [4.69, 9.17) is 4.74 Å². The molecule has 24 heavy (non-hydrogen) atoms. The van der Waals surface area contributed by atoms with E-state index in [-0.39, 0.29) is 0 Å². The zero-order chi connectivity index (χ0) is 16.9. The third kappa shape index (κ3) is 3.37. The molecule has 0 aliphatic carbocycles. The predicted octanol–water partition coefficient (Wildman–Crippen LogP) is 3.13. The van der Waals surface area contributed by atoms with Gasteiger partial charge >= 0.3 is 0 Å². The molecular formula is C19H22N4O. The van der Waals surface area contributed by atoms with Crippen LogP contribution < -0.4 is 5.32 Å². The lowest BCUT2D eigenvalue weighted by Gasteiger charge is -2.08. The quantitative estimate of drug-likeness (QED) is 0.536. The lowest BCUT2D eigenvalue weighted by atomic mass is 10.0. The monoisotopic (exact) mass is 322 g/mol. The van der Waals surface area contributed by atoms with Crippen molar-refractivity contribution in [2.75, 3.05) is 13.7 Å². The lowest BCUT2D eigenvalue weighted by Crippen LogP contribution is -2.06. The molecule has 0 saturated heterocycles. The van der Waals surface area contributed by atoms with Gasteiger partial charge in [-0.1, -0.05) is 18.2 Å². The smallest absolute Gasteiger partial charge is 0.137 e. The number of nitrogens with zero attached hydrogens (tertiary/aromatic N) is 3. The van der Waals surface area contributed by atoms with Crippen LogP contribution in [-0.4, -0.2) is 28.3 Å². The molecule has 5 heteroatoms. The van der Waals surface area contributed by atoms with Gasteiger partial charge < -0.3 is 10.1 Å². The van der Waals surface area contributed by atoms with Gasteiger partial charge in [0, 0.05) is 18.3 Å². The van der Waals surface area contributed by atoms with Crippen LogP contribution in [0.25, 0.3) is 16.8 Å². The van der Waals surface area contributed by atoms with Crippen LogP contribution in [0.2, 0.25) is 0 Å². The SMILES string of the molecule is C=CCOCc1cc2c(-c3ccc(CNC)c(C)c3)ncnn2c1. The van der Waals surface area contributed by atoms with E-state index in [1.807, 2.05) is 17.8 Å². The lowest BCUT2D eigenvalue weighted by molar-refractivity contribution is 0.149. The average Bonchev–Trinajstić information content (AvgIpc) is 3.00. The van der Waals surface area contributed by atoms with Crippen molar-refractivity contribution in [2.45, 2.75) is 20.1 Å². The summed E-state index contributed by atoms with van der Waals surface area (Å²) in [6.07, 6.45) is 5.32. The number of nitrogens with one attached hydrogen (secondary N) is 1. The molecule has 0 bridgehead atoms. The zero-order valence-electron chi connectivity index (χ0n) is 14.1. The Balaban J connectivity index is 1.97. The summed E-state index contributed by atoms with van der Waals surface area (Å²) in [6, 6.07) is 8.52. The number of hydrogen-bond donors (Lipinski definition) is 1. The molecule has 0 unspecified atom stereocenters. The van der Waals surface area contributed by atoms with Gasteiger partial charge in [-0.05, 0) is 42.8 Å². The Bertz CT molecular complexity index is 854. The first-order chi connectivity index (χ1) is 11.7. The number of hydrogen-bond acceptors (Lipinski definition) is 4. The first-order valence-corrected chi connectivity index (χ1v) is 7.98. The highest BCUT2D eigenvalue weighted by atomic mass is 16.5. The highest BCUT2D eigenvalue weighted by Crippen LogP contribution is 2.25. The highest BCUT2D eigenvalue weighted by Gasteiger charge is 2.10. The van der Waals surface area contributed by atoms with E-state index in [1.54, 1.807) is 12.4 Å². The standard InChI is InChI=1S/C19H22N4O/c1-4-7-24-12-15-9-18-19(21-13-22-23(18)11-15)16-5-6-17(10-20-3)14(2)8-16/h4-6,8-9,11,13,20H,1,7,10,12H2,2-3H3. The molecule has 0 saturated carbocycles. The van der Waals surface area contributed by atoms with Crippen LogP contribution in [-0.2, 0) is 17.9 Å². The van der Waals surface area contributed by atoms with Crippen LogP contribution in [0.5, 0.6) is 0 Å². The molecule has 3 aromatic rings. The Morgan fingerprint density at radius 3 is 2.96 bits per heavy atom. The molecule has 0 atom stereocenters. The number of aryl methyl sites for hydroxylation is 1. The fourth-order valence-corrected chi connectivity index (χ4v) is 2.78. The zero-order valence-corrected chi connectivity index (χ0v) is 14.1. The van der Waals surface area contributed by atoms with E-state index in [0.717, 1.165) is 28.9 Å². The van der Waals surface area contributed by atoms with Gasteiger partial charge in [-0.3, -0.25) is 0 Å². The minimum absolute atomic E-state index is 0.537. The van der Waals surface area contributed by atoms with Crippen LogP contribution in [0.4, 0.5) is 0 Å². The molecule has 5 nitrogen and oxygen atoms in total. The summed E-state index contributed by atoms with van der Waals surface area (Å²) >= 11 is 0. The fraction of sp³-hybridized carbons (Fsp3) is 0.263. The Hall–Kier alpha value is -2.50. The molecule has 0 aliphatic rings. The van der Waals surface area contributed by atoms with Gasteiger partial charge in [0.15, 0.2) is 0 Å². The summed E-state index contributed by atoms with van der Waals surface area (Å²) in [6.45, 7) is 7.72. The molecule has 3 rings (SSSR count). The van der Waals surface area contributed by atoms with E-state index in [0.29, 0.717) is 13.2 Å². The van der Waals surface area contributed by atoms with Gasteiger partial charge in [-0.15, -0.1) is 6.58 Å². The number of aromatic nitrogens is 3. The maximum Gasteiger partial charge on any atom is 0.137 e. The first-order valence-electron chi connectivity index (χ1n) is 7.98. The topological polar surface area (TPSA) is 51.5 Å². The highest BCUT2D eigenvalue weighted by molar-refractivity contribution is 5.77. The molecule has 0 fully saturated rings. The van der Waals surface area contributed by atoms with E-state index >= 15 is 0 Å². The maximum absolute atomic E-state index is 5.52. The fourth-order valence-electron chi connectivity index (χ4n) is 2.78. The Morgan fingerprint density at radius 2 is 2.21 bits per heavy atom. The second kappa shape index (κ2) is 7.38. The van der Waals surface area contributed by atoms with Crippen molar-refractivity contribution in [1.82, 2.24) is 19.9 Å². The average molecular weight is 322 g/mol. The predicted molar refractivity (Wildman–Crippen MR) is 95.8 cm³/mol. The van der Waals surface area contributed by atoms with Gasteiger partial charge in [0.1, 0.15) is 6.33 Å². The summed E-state index contributed by atoms with van der Waals surface area (Å²) in [5, 5.41) is 7.50. The summed E-state index contributed by atoms with van der Waals surface area (Å²) in [7, 11) is 1.96. The van der Waals surface area contributed by atoms with Crippen molar-refractivity contribution < 1.29 is 4.74 Å². The van der Waals surface area contributed by atoms with Gasteiger partial charge in [0.2, 0.25) is 0 Å². The summed E-state index contributed by atoms with van der Waals surface area (Å²) in [5.41, 5.74) is 6.62. The minimum atomic E-state index is 0.537. The Labute approximate surface area is 142 Å². The second-order valence-corrected chi connectivity index (χ2v) is 5.76. The molecule has 0 spiro atoms. The number of benzene rings is 1. The van der Waals surface area contributed by atoms with E-state index in [1.165, 1.54) is 11.1 Å². The van der Waals surface area contributed by atoms with Gasteiger partial charge in [-0.2, -0.15) is 5.10 Å². The molecule has 124 valence electrons. The van der Waals surface area contributed by atoms with Crippen molar-refractivity contribution in [1.29, 1.82) is 0 Å². The molecule has 2 heterocycles. The van der Waals surface area contributed by atoms with Crippen molar-refractivity contribution in [3.63, 3.8) is 0 Å². The Morgan fingerprint density at radius 1 is 1.33 bits per heavy atom. The number of fused-ring (bicyclic) bond motifs is 1. The molecule has 0 radical (unpaired) electrons. The second-order valence-electron chi connectivity index (χ2n) is 5.76. The van der Waals surface area contributed by atoms with Crippen LogP contribution in [0.1, 0.15) is 16.7 Å². The molecule has 1 aromatic carbocycles. The van der Waals surface area contributed by atoms with E-state index < -0.39 is 0 Å². The van der Waals surface area contributed by atoms with Gasteiger partial charge in [0.25, 0.3) is 0 Å². The van der Waals surface area contributed by atoms with Crippen molar-refractivity contribution >= 4 is 5.52 Å². The third-order valence-electron chi connectivity index (χ3n) is 3.95. The van der Waals surface area contributed by atoms with E-state index in [9.17, 15) is 0 Å². The van der Waals surface area contributed by atoms with Crippen molar-refractivity contribution in [3.8, 4) is 11.3 Å². The van der Waals surface area contributed by atoms with Crippen LogP contribution in [0.3, 0.4) is 0 Å². The van der Waals surface area contributed by atoms with Gasteiger partial charge in [0.05, 0.1) is 24.4 Å². The largest absolute Gasteiger partial charge is 0.373 e.